The highest BCUT2D eigenvalue weighted by Crippen LogP contribution is 2.46. The fraction of sp³-hybridized carbons (Fsp3) is 0.200. The minimum Gasteiger partial charge on any atom is -0.318 e. The molecular weight excluding hydrogens is 508 g/mol. The third-order valence-corrected chi connectivity index (χ3v) is 7.89. The van der Waals surface area contributed by atoms with E-state index in [0.29, 0.717) is 39.7 Å². The molecule has 40 heavy (non-hydrogen) atoms. The van der Waals surface area contributed by atoms with E-state index in [-0.39, 0.29) is 43.6 Å². The molecule has 0 unspecified atom stereocenters. The van der Waals surface area contributed by atoms with Gasteiger partial charge < -0.3 is 5.73 Å². The van der Waals surface area contributed by atoms with Gasteiger partial charge in [-0.25, -0.2) is 0 Å². The summed E-state index contributed by atoms with van der Waals surface area (Å²) < 4.78 is 0. The lowest BCUT2D eigenvalue weighted by molar-refractivity contribution is 0.0535. The molecule has 0 fully saturated rings. The molecule has 0 atom stereocenters. The van der Waals surface area contributed by atoms with Crippen molar-refractivity contribution in [3.63, 3.8) is 0 Å². The lowest BCUT2D eigenvalue weighted by Crippen LogP contribution is -2.47. The summed E-state index contributed by atoms with van der Waals surface area (Å²) in [6, 6.07) is 14.7. The molecule has 0 aliphatic carbocycles. The van der Waals surface area contributed by atoms with E-state index in [2.05, 4.69) is 10.6 Å². The number of imide groups is 2. The lowest BCUT2D eigenvalue weighted by atomic mass is 9.82. The van der Waals surface area contributed by atoms with Crippen LogP contribution in [0.15, 0.2) is 48.5 Å². The van der Waals surface area contributed by atoms with Gasteiger partial charge in [0, 0.05) is 46.4 Å². The number of carbonyl (C=O) groups is 4. The Labute approximate surface area is 228 Å². The zero-order valence-corrected chi connectivity index (χ0v) is 22.0. The monoisotopic (exact) mass is 534 g/mol. The molecule has 0 saturated heterocycles. The first-order valence-corrected chi connectivity index (χ1v) is 13.0. The van der Waals surface area contributed by atoms with Crippen molar-refractivity contribution in [2.45, 2.75) is 0 Å². The van der Waals surface area contributed by atoms with Crippen molar-refractivity contribution < 1.29 is 19.2 Å². The molecule has 10 nitrogen and oxygen atoms in total. The molecule has 10 heteroatoms. The Bertz CT molecular complexity index is 1830. The molecule has 2 aliphatic heterocycles. The third kappa shape index (κ3) is 3.18. The van der Waals surface area contributed by atoms with Gasteiger partial charge in [0.25, 0.3) is 23.6 Å². The average Bonchev–Trinajstić information content (AvgIpc) is 2.95. The van der Waals surface area contributed by atoms with Gasteiger partial charge in [0.2, 0.25) is 0 Å². The van der Waals surface area contributed by atoms with E-state index in [0.717, 1.165) is 32.3 Å². The van der Waals surface area contributed by atoms with Crippen LogP contribution in [0.3, 0.4) is 0 Å². The Balaban J connectivity index is 1.47. The number of nitrogens with zero attached hydrogens (tertiary/aromatic N) is 3. The Morgan fingerprint density at radius 1 is 0.600 bits per heavy atom. The maximum absolute atomic E-state index is 13.5. The van der Waals surface area contributed by atoms with Crippen molar-refractivity contribution in [3.8, 4) is 0 Å². The number of amides is 4. The second-order valence-electron chi connectivity index (χ2n) is 10.5. The first kappa shape index (κ1) is 24.6. The van der Waals surface area contributed by atoms with Gasteiger partial charge in [-0.05, 0) is 70.7 Å². The van der Waals surface area contributed by atoms with Crippen molar-refractivity contribution in [3.05, 3.63) is 70.8 Å². The van der Waals surface area contributed by atoms with Crippen molar-refractivity contribution in [2.75, 3.05) is 40.8 Å². The second kappa shape index (κ2) is 8.77. The Kier molecular flexibility index (Phi) is 5.38. The van der Waals surface area contributed by atoms with E-state index < -0.39 is 0 Å². The van der Waals surface area contributed by atoms with E-state index in [1.807, 2.05) is 38.4 Å². The molecular formula is C30H26N6O4. The molecule has 5 aromatic rings. The van der Waals surface area contributed by atoms with Gasteiger partial charge in [0.15, 0.2) is 0 Å². The molecule has 5 aromatic carbocycles. The summed E-state index contributed by atoms with van der Waals surface area (Å²) in [5.41, 5.74) is 7.35. The van der Waals surface area contributed by atoms with Crippen LogP contribution < -0.4 is 16.4 Å². The van der Waals surface area contributed by atoms with E-state index in [1.54, 1.807) is 29.2 Å². The number of fused-ring (bicyclic) bond motifs is 2. The van der Waals surface area contributed by atoms with E-state index in [4.69, 9.17) is 5.73 Å². The first-order chi connectivity index (χ1) is 19.3. The predicted molar refractivity (Wildman–Crippen MR) is 152 cm³/mol. The summed E-state index contributed by atoms with van der Waals surface area (Å²) in [6.45, 7) is 0.871. The Morgan fingerprint density at radius 2 is 1.00 bits per heavy atom. The molecule has 2 heterocycles. The van der Waals surface area contributed by atoms with Crippen LogP contribution in [0.5, 0.6) is 0 Å². The molecule has 0 aromatic heterocycles. The van der Waals surface area contributed by atoms with E-state index in [9.17, 15) is 19.2 Å². The standard InChI is InChI=1S/C30H26N6O4/c1-34(2)14-36-29(39)21-9-5-17-15-3-7-19-25-20(28(38)35(27(19)37)13-33-12-32-11-31)8-4-16(23(15)25)18-6-10-22(30(36)40)26(21)24(17)18/h3-10,32-33H,11-14,31H2,1-2H3. The van der Waals surface area contributed by atoms with Crippen molar-refractivity contribution in [2.24, 2.45) is 5.73 Å². The van der Waals surface area contributed by atoms with Crippen molar-refractivity contribution in [1.29, 1.82) is 0 Å². The predicted octanol–water partition coefficient (Wildman–Crippen LogP) is 2.46. The zero-order valence-electron chi connectivity index (χ0n) is 22.0. The summed E-state index contributed by atoms with van der Waals surface area (Å²) in [4.78, 5) is 58.1. The number of hydrogen-bond acceptors (Lipinski definition) is 8. The van der Waals surface area contributed by atoms with Crippen LogP contribution in [0, 0.1) is 0 Å². The fourth-order valence-corrected chi connectivity index (χ4v) is 6.25. The van der Waals surface area contributed by atoms with Gasteiger partial charge in [-0.3, -0.25) is 44.5 Å². The number of nitrogens with one attached hydrogen (secondary N) is 2. The molecule has 0 saturated carbocycles. The number of carbonyl (C=O) groups excluding carboxylic acids is 4. The highest BCUT2D eigenvalue weighted by atomic mass is 16.2. The maximum atomic E-state index is 13.5. The van der Waals surface area contributed by atoms with Gasteiger partial charge in [0.1, 0.15) is 0 Å². The highest BCUT2D eigenvalue weighted by molar-refractivity contribution is 6.41. The largest absolute Gasteiger partial charge is 0.318 e. The average molecular weight is 535 g/mol. The minimum atomic E-state index is -0.366. The molecule has 4 N–H and O–H groups in total. The summed E-state index contributed by atoms with van der Waals surface area (Å²) in [6.07, 6.45) is 0. The van der Waals surface area contributed by atoms with Crippen LogP contribution in [0.1, 0.15) is 41.4 Å². The summed E-state index contributed by atoms with van der Waals surface area (Å²) in [5, 5.41) is 12.3. The fourth-order valence-electron chi connectivity index (χ4n) is 6.25. The Morgan fingerprint density at radius 3 is 1.38 bits per heavy atom. The van der Waals surface area contributed by atoms with Crippen LogP contribution in [0.25, 0.3) is 43.1 Å². The number of benzene rings is 5. The van der Waals surface area contributed by atoms with Gasteiger partial charge in [-0.2, -0.15) is 0 Å². The molecule has 0 radical (unpaired) electrons. The molecule has 0 bridgehead atoms. The second-order valence-corrected chi connectivity index (χ2v) is 10.5. The minimum absolute atomic E-state index is 0.0513. The normalized spacial score (nSPS) is 15.3. The first-order valence-electron chi connectivity index (χ1n) is 13.0. The maximum Gasteiger partial charge on any atom is 0.262 e. The Hall–Kier alpha value is -4.48. The lowest BCUT2D eigenvalue weighted by Gasteiger charge is -2.31. The summed E-state index contributed by atoms with van der Waals surface area (Å²) >= 11 is 0. The van der Waals surface area contributed by atoms with Crippen LogP contribution in [-0.4, -0.2) is 79.1 Å². The van der Waals surface area contributed by atoms with Gasteiger partial charge in [-0.1, -0.05) is 24.3 Å². The number of rotatable bonds is 7. The molecule has 7 rings (SSSR count). The van der Waals surface area contributed by atoms with Gasteiger partial charge >= 0.3 is 0 Å². The van der Waals surface area contributed by atoms with Crippen molar-refractivity contribution in [1.82, 2.24) is 25.3 Å². The molecule has 2 aliphatic rings. The topological polar surface area (TPSA) is 128 Å². The summed E-state index contributed by atoms with van der Waals surface area (Å²) in [5.74, 6) is -1.38. The van der Waals surface area contributed by atoms with Gasteiger partial charge in [0.05, 0.1) is 13.3 Å². The summed E-state index contributed by atoms with van der Waals surface area (Å²) in [7, 11) is 3.63. The van der Waals surface area contributed by atoms with Crippen LogP contribution in [0.2, 0.25) is 0 Å². The van der Waals surface area contributed by atoms with E-state index in [1.165, 1.54) is 9.80 Å². The van der Waals surface area contributed by atoms with E-state index >= 15 is 0 Å². The van der Waals surface area contributed by atoms with Crippen LogP contribution >= 0.6 is 0 Å². The van der Waals surface area contributed by atoms with Crippen LogP contribution in [-0.2, 0) is 0 Å². The molecule has 4 amide bonds. The zero-order chi connectivity index (χ0) is 27.9. The quantitative estimate of drug-likeness (QED) is 0.0955. The third-order valence-electron chi connectivity index (χ3n) is 7.89. The number of nitrogens with two attached hydrogens (primary N) is 1. The smallest absolute Gasteiger partial charge is 0.262 e. The SMILES string of the molecule is CN(C)CN1C(=O)c2ccc3c4ccc5c6c(ccc(c7ccc(c2c37)C1=O)c64)C(=O)N(CNCNCN)C5=O. The van der Waals surface area contributed by atoms with Crippen molar-refractivity contribution >= 4 is 66.7 Å². The van der Waals surface area contributed by atoms with Gasteiger partial charge in [-0.15, -0.1) is 0 Å². The molecule has 0 spiro atoms. The number of hydrogen-bond donors (Lipinski definition) is 3. The highest BCUT2D eigenvalue weighted by Gasteiger charge is 2.36. The molecule has 200 valence electrons. The van der Waals surface area contributed by atoms with Crippen LogP contribution in [0.4, 0.5) is 0 Å².